The average Bonchev–Trinajstić information content (AvgIpc) is 3.14. The predicted octanol–water partition coefficient (Wildman–Crippen LogP) is 1.94. The van der Waals surface area contributed by atoms with Gasteiger partial charge < -0.3 is 10.4 Å². The molecule has 0 spiro atoms. The zero-order valence-corrected chi connectivity index (χ0v) is 14.4. The van der Waals surface area contributed by atoms with E-state index in [9.17, 15) is 19.7 Å². The van der Waals surface area contributed by atoms with Crippen LogP contribution in [-0.2, 0) is 4.79 Å². The van der Waals surface area contributed by atoms with Gasteiger partial charge in [0.15, 0.2) is 0 Å². The highest BCUT2D eigenvalue weighted by Crippen LogP contribution is 2.25. The zero-order valence-electron chi connectivity index (χ0n) is 14.4. The molecule has 0 bridgehead atoms. The van der Waals surface area contributed by atoms with Gasteiger partial charge in [-0.1, -0.05) is 13.8 Å². The minimum absolute atomic E-state index is 0.0669. The smallest absolute Gasteiger partial charge is 0.305 e. The lowest BCUT2D eigenvalue weighted by atomic mass is 9.88. The number of nitrogens with zero attached hydrogens (tertiary/aromatic N) is 4. The first kappa shape index (κ1) is 19.0. The van der Waals surface area contributed by atoms with Gasteiger partial charge in [0.2, 0.25) is 0 Å². The molecule has 1 aromatic heterocycles. The molecule has 0 saturated carbocycles. The fraction of sp³-hybridized carbons (Fsp3) is 0.375. The lowest BCUT2D eigenvalue weighted by molar-refractivity contribution is -0.384. The molecule has 26 heavy (non-hydrogen) atoms. The molecule has 2 rings (SSSR count). The van der Waals surface area contributed by atoms with Crippen LogP contribution >= 0.6 is 0 Å². The average molecular weight is 361 g/mol. The van der Waals surface area contributed by atoms with Crippen molar-refractivity contribution in [2.24, 2.45) is 0 Å². The topological polar surface area (TPSA) is 140 Å². The van der Waals surface area contributed by atoms with Gasteiger partial charge in [0.05, 0.1) is 16.9 Å². The summed E-state index contributed by atoms with van der Waals surface area (Å²) in [6.07, 6.45) is 3.16. The number of nitro groups is 1. The van der Waals surface area contributed by atoms with Gasteiger partial charge >= 0.3 is 5.97 Å². The van der Waals surface area contributed by atoms with Crippen LogP contribution in [-0.4, -0.2) is 42.2 Å². The Hall–Kier alpha value is -3.30. The Balaban J connectivity index is 2.36. The van der Waals surface area contributed by atoms with Gasteiger partial charge in [0.1, 0.15) is 18.3 Å². The van der Waals surface area contributed by atoms with Crippen LogP contribution in [0.2, 0.25) is 0 Å². The van der Waals surface area contributed by atoms with Crippen LogP contribution in [0.5, 0.6) is 0 Å². The van der Waals surface area contributed by atoms with E-state index in [1.807, 2.05) is 0 Å². The summed E-state index contributed by atoms with van der Waals surface area (Å²) in [6.45, 7) is 3.56. The Kier molecular flexibility index (Phi) is 5.65. The molecule has 2 aromatic rings. The number of amides is 1. The number of hydrogen-bond acceptors (Lipinski definition) is 6. The third kappa shape index (κ3) is 4.02. The molecular weight excluding hydrogens is 342 g/mol. The first-order valence-electron chi connectivity index (χ1n) is 7.99. The number of nitro benzene ring substituents is 1. The third-order valence-electron chi connectivity index (χ3n) is 4.32. The molecule has 0 unspecified atom stereocenters. The van der Waals surface area contributed by atoms with Crippen molar-refractivity contribution in [1.82, 2.24) is 20.1 Å². The summed E-state index contributed by atoms with van der Waals surface area (Å²) >= 11 is 0. The van der Waals surface area contributed by atoms with E-state index in [0.717, 1.165) is 6.07 Å². The predicted molar refractivity (Wildman–Crippen MR) is 91.0 cm³/mol. The van der Waals surface area contributed by atoms with Crippen LogP contribution in [0, 0.1) is 10.1 Å². The molecule has 0 fully saturated rings. The fourth-order valence-electron chi connectivity index (χ4n) is 2.66. The van der Waals surface area contributed by atoms with Crippen molar-refractivity contribution >= 4 is 17.6 Å². The Morgan fingerprint density at radius 1 is 1.35 bits per heavy atom. The summed E-state index contributed by atoms with van der Waals surface area (Å²) in [5, 5.41) is 27.0. The zero-order chi connectivity index (χ0) is 19.3. The van der Waals surface area contributed by atoms with Gasteiger partial charge in [-0.25, -0.2) is 9.67 Å². The third-order valence-corrected chi connectivity index (χ3v) is 4.32. The molecule has 0 aliphatic heterocycles. The Bertz CT molecular complexity index is 814. The normalized spacial score (nSPS) is 11.2. The van der Waals surface area contributed by atoms with Crippen LogP contribution < -0.4 is 5.32 Å². The summed E-state index contributed by atoms with van der Waals surface area (Å²) in [7, 11) is 0. The highest BCUT2D eigenvalue weighted by atomic mass is 16.6. The number of nitrogens with one attached hydrogen (secondary N) is 1. The summed E-state index contributed by atoms with van der Waals surface area (Å²) in [5.74, 6) is -1.59. The maximum atomic E-state index is 12.6. The van der Waals surface area contributed by atoms with Gasteiger partial charge in [-0.05, 0) is 25.0 Å². The number of carbonyl (C=O) groups is 2. The molecule has 1 amide bonds. The highest BCUT2D eigenvalue weighted by Gasteiger charge is 2.32. The number of carboxylic acid groups (broad SMARTS) is 1. The van der Waals surface area contributed by atoms with E-state index in [1.54, 1.807) is 13.8 Å². The lowest BCUT2D eigenvalue weighted by Gasteiger charge is -2.31. The van der Waals surface area contributed by atoms with E-state index in [0.29, 0.717) is 12.8 Å². The van der Waals surface area contributed by atoms with E-state index in [1.165, 1.54) is 29.5 Å². The molecular formula is C16H19N5O5. The van der Waals surface area contributed by atoms with Crippen LogP contribution in [0.15, 0.2) is 30.9 Å². The second-order valence-corrected chi connectivity index (χ2v) is 5.81. The molecule has 0 aliphatic carbocycles. The Labute approximate surface area is 149 Å². The van der Waals surface area contributed by atoms with Crippen LogP contribution in [0.4, 0.5) is 5.69 Å². The van der Waals surface area contributed by atoms with E-state index >= 15 is 0 Å². The number of carbonyl (C=O) groups excluding carboxylic acids is 1. The molecule has 10 heteroatoms. The molecule has 138 valence electrons. The maximum Gasteiger partial charge on any atom is 0.305 e. The van der Waals surface area contributed by atoms with Gasteiger partial charge in [-0.15, -0.1) is 0 Å². The van der Waals surface area contributed by atoms with E-state index in [4.69, 9.17) is 5.11 Å². The van der Waals surface area contributed by atoms with Gasteiger partial charge in [-0.2, -0.15) is 5.10 Å². The number of carboxylic acids is 1. The molecule has 1 aromatic carbocycles. The molecule has 0 saturated heterocycles. The molecule has 0 atom stereocenters. The van der Waals surface area contributed by atoms with Crippen molar-refractivity contribution in [3.05, 3.63) is 46.5 Å². The first-order valence-corrected chi connectivity index (χ1v) is 7.99. The summed E-state index contributed by atoms with van der Waals surface area (Å²) in [6, 6.07) is 3.97. The van der Waals surface area contributed by atoms with Crippen molar-refractivity contribution in [3.63, 3.8) is 0 Å². The second kappa shape index (κ2) is 7.72. The minimum atomic E-state index is -1.03. The van der Waals surface area contributed by atoms with Gasteiger partial charge in [0, 0.05) is 11.6 Å². The first-order chi connectivity index (χ1) is 12.3. The quantitative estimate of drug-likeness (QED) is 0.540. The molecule has 2 N–H and O–H groups in total. The van der Waals surface area contributed by atoms with Crippen LogP contribution in [0.25, 0.3) is 5.69 Å². The van der Waals surface area contributed by atoms with Crippen molar-refractivity contribution in [3.8, 4) is 5.69 Å². The minimum Gasteiger partial charge on any atom is -0.481 e. The molecule has 0 radical (unpaired) electrons. The SMILES string of the molecule is CCC(CC)(CC(=O)O)NC(=O)c1ccc(-n2cncn2)c([N+](=O)[O-])c1. The van der Waals surface area contributed by atoms with Crippen molar-refractivity contribution < 1.29 is 19.6 Å². The maximum absolute atomic E-state index is 12.6. The van der Waals surface area contributed by atoms with Crippen LogP contribution in [0.3, 0.4) is 0 Å². The number of aliphatic carboxylic acids is 1. The Morgan fingerprint density at radius 2 is 2.04 bits per heavy atom. The van der Waals surface area contributed by atoms with Crippen molar-refractivity contribution in [2.45, 2.75) is 38.6 Å². The van der Waals surface area contributed by atoms with E-state index in [-0.39, 0.29) is 23.4 Å². The van der Waals surface area contributed by atoms with Crippen molar-refractivity contribution in [1.29, 1.82) is 0 Å². The van der Waals surface area contributed by atoms with Gasteiger partial charge in [-0.3, -0.25) is 19.7 Å². The fourth-order valence-corrected chi connectivity index (χ4v) is 2.66. The summed E-state index contributed by atoms with van der Waals surface area (Å²) in [4.78, 5) is 38.2. The molecule has 10 nitrogen and oxygen atoms in total. The largest absolute Gasteiger partial charge is 0.481 e. The van der Waals surface area contributed by atoms with E-state index in [2.05, 4.69) is 15.4 Å². The standard InChI is InChI=1S/C16H19N5O5/c1-3-16(4-2,8-14(22)23)19-15(24)11-5-6-12(13(7-11)21(25)26)20-10-17-9-18-20/h5-7,9-10H,3-4,8H2,1-2H3,(H,19,24)(H,22,23). The molecule has 0 aliphatic rings. The number of aromatic nitrogens is 3. The second-order valence-electron chi connectivity index (χ2n) is 5.81. The van der Waals surface area contributed by atoms with Crippen molar-refractivity contribution in [2.75, 3.05) is 0 Å². The Morgan fingerprint density at radius 3 is 2.54 bits per heavy atom. The highest BCUT2D eigenvalue weighted by molar-refractivity contribution is 5.96. The monoisotopic (exact) mass is 361 g/mol. The van der Waals surface area contributed by atoms with Gasteiger partial charge in [0.25, 0.3) is 11.6 Å². The van der Waals surface area contributed by atoms with E-state index < -0.39 is 22.3 Å². The lowest BCUT2D eigenvalue weighted by Crippen LogP contribution is -2.49. The van der Waals surface area contributed by atoms with Crippen LogP contribution in [0.1, 0.15) is 43.5 Å². The number of hydrogen-bond donors (Lipinski definition) is 2. The summed E-state index contributed by atoms with van der Waals surface area (Å²) < 4.78 is 1.23. The summed E-state index contributed by atoms with van der Waals surface area (Å²) in [5.41, 5.74) is -0.980. The molecule has 1 heterocycles. The number of benzene rings is 1. The number of rotatable bonds is 8.